The standard InChI is InChI=1S/C19H32OS/c1-4-5-6-7-11-14-19(21-3)18(15-16(2)20)17-12-9-8-10-13-17/h8-10,16-19H,4-7,11-12,14-15H2,1-3H3. The van der Waals surface area contributed by atoms with Gasteiger partial charge in [0, 0.05) is 5.25 Å². The van der Waals surface area contributed by atoms with E-state index < -0.39 is 6.10 Å². The summed E-state index contributed by atoms with van der Waals surface area (Å²) in [6, 6.07) is 0. The summed E-state index contributed by atoms with van der Waals surface area (Å²) in [5.41, 5.74) is 0. The first-order valence-electron chi connectivity index (χ1n) is 8.62. The highest BCUT2D eigenvalue weighted by atomic mass is 32.2. The van der Waals surface area contributed by atoms with Gasteiger partial charge in [0.2, 0.25) is 0 Å². The smallest absolute Gasteiger partial charge is 0.0905 e. The maximum atomic E-state index is 11.8. The van der Waals surface area contributed by atoms with Crippen molar-refractivity contribution in [3.8, 4) is 0 Å². The van der Waals surface area contributed by atoms with Crippen LogP contribution in [0.4, 0.5) is 0 Å². The number of rotatable bonds is 11. The summed E-state index contributed by atoms with van der Waals surface area (Å²) in [6.45, 7) is 4.07. The van der Waals surface area contributed by atoms with Crippen LogP contribution in [0.15, 0.2) is 18.2 Å². The molecule has 0 saturated carbocycles. The first kappa shape index (κ1) is 18.8. The van der Waals surface area contributed by atoms with E-state index in [0.717, 1.165) is 12.8 Å². The second kappa shape index (κ2) is 11.4. The molecular formula is C19H32OS. The second-order valence-corrected chi connectivity index (χ2v) is 7.37. The highest BCUT2D eigenvalue weighted by Crippen LogP contribution is 2.35. The van der Waals surface area contributed by atoms with E-state index in [1.807, 2.05) is 24.8 Å². The normalized spacial score (nSPS) is 22.2. The number of thioether (sulfide) groups is 1. The van der Waals surface area contributed by atoms with Crippen LogP contribution in [0, 0.1) is 17.9 Å². The fourth-order valence-corrected chi connectivity index (χ4v) is 4.31. The van der Waals surface area contributed by atoms with Gasteiger partial charge in [0.25, 0.3) is 0 Å². The summed E-state index contributed by atoms with van der Waals surface area (Å²) in [7, 11) is 0. The Morgan fingerprint density at radius 2 is 2.05 bits per heavy atom. The van der Waals surface area contributed by atoms with E-state index in [1.165, 1.54) is 38.5 Å². The maximum absolute atomic E-state index is 11.8. The van der Waals surface area contributed by atoms with Gasteiger partial charge in [-0.15, -0.1) is 0 Å². The number of unbranched alkanes of at least 4 members (excludes halogenated alkanes) is 4. The quantitative estimate of drug-likeness (QED) is 0.439. The molecule has 120 valence electrons. The van der Waals surface area contributed by atoms with Gasteiger partial charge >= 0.3 is 0 Å². The van der Waals surface area contributed by atoms with Gasteiger partial charge in [0.05, 0.1) is 6.10 Å². The molecule has 4 unspecified atom stereocenters. The fourth-order valence-electron chi connectivity index (χ4n) is 3.25. The van der Waals surface area contributed by atoms with Crippen LogP contribution in [0.1, 0.15) is 65.2 Å². The van der Waals surface area contributed by atoms with Crippen molar-refractivity contribution in [3.05, 3.63) is 24.3 Å². The number of hydrogen-bond donors (Lipinski definition) is 0. The second-order valence-electron chi connectivity index (χ2n) is 6.29. The van der Waals surface area contributed by atoms with Crippen LogP contribution in [0.2, 0.25) is 0 Å². The van der Waals surface area contributed by atoms with E-state index >= 15 is 0 Å². The zero-order valence-corrected chi connectivity index (χ0v) is 14.8. The molecule has 0 aliphatic heterocycles. The molecule has 0 amide bonds. The van der Waals surface area contributed by atoms with Crippen LogP contribution in [-0.2, 0) is 5.11 Å². The van der Waals surface area contributed by atoms with Gasteiger partial charge in [-0.3, -0.25) is 0 Å². The summed E-state index contributed by atoms with van der Waals surface area (Å²) in [5, 5.41) is 12.4. The first-order chi connectivity index (χ1) is 10.2. The summed E-state index contributed by atoms with van der Waals surface area (Å²) < 4.78 is 0. The first-order valence-corrected chi connectivity index (χ1v) is 9.90. The summed E-state index contributed by atoms with van der Waals surface area (Å²) >= 11 is 1.96. The number of allylic oxidation sites excluding steroid dienone is 4. The van der Waals surface area contributed by atoms with Crippen molar-refractivity contribution in [1.82, 2.24) is 0 Å². The minimum absolute atomic E-state index is 0.444. The SMILES string of the molecule is CCCCCCCC(SC)C(CC(C)[O])C1[C]=CC=CC1. The van der Waals surface area contributed by atoms with E-state index in [2.05, 4.69) is 31.4 Å². The third-order valence-electron chi connectivity index (χ3n) is 4.43. The van der Waals surface area contributed by atoms with Crippen LogP contribution in [-0.4, -0.2) is 17.6 Å². The van der Waals surface area contributed by atoms with Gasteiger partial charge in [-0.25, -0.2) is 5.11 Å². The lowest BCUT2D eigenvalue weighted by molar-refractivity contribution is 0.0726. The minimum Gasteiger partial charge on any atom is -0.233 e. The molecule has 0 aromatic rings. The third kappa shape index (κ3) is 7.56. The molecule has 2 heteroatoms. The molecule has 1 rings (SSSR count). The molecular weight excluding hydrogens is 276 g/mol. The molecule has 0 aromatic carbocycles. The molecule has 2 radical (unpaired) electrons. The monoisotopic (exact) mass is 308 g/mol. The highest BCUT2D eigenvalue weighted by Gasteiger charge is 2.29. The zero-order valence-electron chi connectivity index (χ0n) is 14.0. The predicted molar refractivity (Wildman–Crippen MR) is 94.0 cm³/mol. The lowest BCUT2D eigenvalue weighted by atomic mass is 9.80. The molecule has 1 aliphatic carbocycles. The van der Waals surface area contributed by atoms with Gasteiger partial charge in [-0.2, -0.15) is 11.8 Å². The van der Waals surface area contributed by atoms with Gasteiger partial charge in [0.1, 0.15) is 0 Å². The summed E-state index contributed by atoms with van der Waals surface area (Å²) in [6.07, 6.45) is 21.3. The molecule has 0 saturated heterocycles. The molecule has 21 heavy (non-hydrogen) atoms. The van der Waals surface area contributed by atoms with Crippen LogP contribution < -0.4 is 0 Å². The molecule has 0 heterocycles. The molecule has 0 spiro atoms. The van der Waals surface area contributed by atoms with Crippen molar-refractivity contribution in [2.24, 2.45) is 11.8 Å². The summed E-state index contributed by atoms with van der Waals surface area (Å²) in [5.74, 6) is 0.930. The molecule has 4 atom stereocenters. The Labute approximate surface area is 136 Å². The van der Waals surface area contributed by atoms with Crippen molar-refractivity contribution in [1.29, 1.82) is 0 Å². The highest BCUT2D eigenvalue weighted by molar-refractivity contribution is 7.99. The van der Waals surface area contributed by atoms with E-state index in [9.17, 15) is 5.11 Å². The lowest BCUT2D eigenvalue weighted by Gasteiger charge is -2.32. The Morgan fingerprint density at radius 3 is 2.62 bits per heavy atom. The molecule has 0 bridgehead atoms. The van der Waals surface area contributed by atoms with Gasteiger partial charge in [-0.1, -0.05) is 57.3 Å². The molecule has 0 fully saturated rings. The predicted octanol–water partition coefficient (Wildman–Crippen LogP) is 5.84. The Morgan fingerprint density at radius 1 is 1.29 bits per heavy atom. The largest absolute Gasteiger partial charge is 0.233 e. The van der Waals surface area contributed by atoms with Crippen molar-refractivity contribution >= 4 is 11.8 Å². The minimum atomic E-state index is -0.461. The van der Waals surface area contributed by atoms with Crippen molar-refractivity contribution in [2.75, 3.05) is 6.26 Å². The maximum Gasteiger partial charge on any atom is 0.0905 e. The van der Waals surface area contributed by atoms with Gasteiger partial charge in [-0.05, 0) is 50.4 Å². The van der Waals surface area contributed by atoms with Crippen LogP contribution in [0.3, 0.4) is 0 Å². The molecule has 0 N–H and O–H groups in total. The number of hydrogen-bond acceptors (Lipinski definition) is 1. The van der Waals surface area contributed by atoms with E-state index in [-0.39, 0.29) is 0 Å². The Kier molecular flexibility index (Phi) is 10.2. The van der Waals surface area contributed by atoms with Crippen molar-refractivity contribution in [3.63, 3.8) is 0 Å². The Balaban J connectivity index is 2.52. The molecule has 1 nitrogen and oxygen atoms in total. The molecule has 1 aliphatic rings. The van der Waals surface area contributed by atoms with Crippen LogP contribution >= 0.6 is 11.8 Å². The summed E-state index contributed by atoms with van der Waals surface area (Å²) in [4.78, 5) is 0. The molecule has 0 aromatic heterocycles. The van der Waals surface area contributed by atoms with Crippen LogP contribution in [0.25, 0.3) is 0 Å². The fraction of sp³-hybridized carbons (Fsp3) is 0.789. The average Bonchev–Trinajstić information content (AvgIpc) is 2.50. The van der Waals surface area contributed by atoms with Gasteiger partial charge in [0.15, 0.2) is 0 Å². The van der Waals surface area contributed by atoms with Gasteiger partial charge < -0.3 is 0 Å². The third-order valence-corrected chi connectivity index (χ3v) is 5.62. The Bertz CT molecular complexity index is 309. The van der Waals surface area contributed by atoms with Crippen LogP contribution in [0.5, 0.6) is 0 Å². The van der Waals surface area contributed by atoms with Crippen molar-refractivity contribution in [2.45, 2.75) is 76.6 Å². The van der Waals surface area contributed by atoms with E-state index in [0.29, 0.717) is 17.1 Å². The Hall–Kier alpha value is -0.210. The van der Waals surface area contributed by atoms with E-state index in [1.54, 1.807) is 0 Å². The zero-order chi connectivity index (χ0) is 15.5. The van der Waals surface area contributed by atoms with Crippen molar-refractivity contribution < 1.29 is 5.11 Å². The van der Waals surface area contributed by atoms with E-state index in [4.69, 9.17) is 0 Å². The lowest BCUT2D eigenvalue weighted by Crippen LogP contribution is -2.28. The average molecular weight is 309 g/mol. The topological polar surface area (TPSA) is 19.9 Å².